The van der Waals surface area contributed by atoms with Crippen LogP contribution in [-0.4, -0.2) is 18.3 Å². The van der Waals surface area contributed by atoms with Gasteiger partial charge in [-0.3, -0.25) is 5.32 Å². The molecule has 0 heterocycles. The van der Waals surface area contributed by atoms with E-state index in [0.717, 1.165) is 5.56 Å². The molecule has 4 nitrogen and oxygen atoms in total. The van der Waals surface area contributed by atoms with Crippen LogP contribution in [-0.2, 0) is 10.2 Å². The molecule has 0 unspecified atom stereocenters. The Hall–Kier alpha value is -1.71. The molecule has 0 aliphatic carbocycles. The fourth-order valence-electron chi connectivity index (χ4n) is 1.41. The van der Waals surface area contributed by atoms with Crippen molar-refractivity contribution in [2.24, 2.45) is 0 Å². The number of phenolic OH excluding ortho intramolecular Hbond substituents is 1. The van der Waals surface area contributed by atoms with Gasteiger partial charge in [0.15, 0.2) is 0 Å². The number of phenols is 1. The predicted octanol–water partition coefficient (Wildman–Crippen LogP) is 2.87. The van der Waals surface area contributed by atoms with Crippen molar-refractivity contribution in [1.82, 2.24) is 0 Å². The van der Waals surface area contributed by atoms with Crippen LogP contribution in [0.15, 0.2) is 18.2 Å². The van der Waals surface area contributed by atoms with Crippen molar-refractivity contribution in [1.29, 1.82) is 0 Å². The SMILES string of the molecule is COC(=O)Nc1ccc(C(C)(C)C)c(O)c1. The van der Waals surface area contributed by atoms with Gasteiger partial charge in [-0.05, 0) is 17.0 Å². The largest absolute Gasteiger partial charge is 0.508 e. The van der Waals surface area contributed by atoms with Crippen molar-refractivity contribution in [2.45, 2.75) is 26.2 Å². The van der Waals surface area contributed by atoms with Crippen LogP contribution in [0.25, 0.3) is 0 Å². The number of ether oxygens (including phenoxy) is 1. The van der Waals surface area contributed by atoms with Crippen molar-refractivity contribution in [3.63, 3.8) is 0 Å². The first-order chi connectivity index (χ1) is 7.34. The minimum Gasteiger partial charge on any atom is -0.508 e. The minimum absolute atomic E-state index is 0.131. The van der Waals surface area contributed by atoms with Crippen LogP contribution in [0.3, 0.4) is 0 Å². The van der Waals surface area contributed by atoms with Crippen LogP contribution in [0.5, 0.6) is 5.75 Å². The molecular formula is C12H17NO3. The van der Waals surface area contributed by atoms with E-state index in [9.17, 15) is 9.90 Å². The third-order valence-corrected chi connectivity index (χ3v) is 2.24. The van der Waals surface area contributed by atoms with E-state index in [1.54, 1.807) is 12.1 Å². The third kappa shape index (κ3) is 2.89. The highest BCUT2D eigenvalue weighted by molar-refractivity contribution is 5.84. The van der Waals surface area contributed by atoms with E-state index < -0.39 is 6.09 Å². The lowest BCUT2D eigenvalue weighted by atomic mass is 9.86. The van der Waals surface area contributed by atoms with Gasteiger partial charge in [0.1, 0.15) is 5.75 Å². The lowest BCUT2D eigenvalue weighted by molar-refractivity contribution is 0.187. The molecule has 88 valence electrons. The van der Waals surface area contributed by atoms with Gasteiger partial charge < -0.3 is 9.84 Å². The summed E-state index contributed by atoms with van der Waals surface area (Å²) in [5, 5.41) is 12.3. The molecule has 0 fully saturated rings. The molecule has 16 heavy (non-hydrogen) atoms. The average molecular weight is 223 g/mol. The van der Waals surface area contributed by atoms with Gasteiger partial charge >= 0.3 is 6.09 Å². The predicted molar refractivity (Wildman–Crippen MR) is 62.8 cm³/mol. The number of methoxy groups -OCH3 is 1. The number of rotatable bonds is 1. The Morgan fingerprint density at radius 3 is 2.44 bits per heavy atom. The van der Waals surface area contributed by atoms with Crippen molar-refractivity contribution < 1.29 is 14.6 Å². The van der Waals surface area contributed by atoms with Gasteiger partial charge in [-0.2, -0.15) is 0 Å². The maximum absolute atomic E-state index is 11.0. The zero-order valence-corrected chi connectivity index (χ0v) is 10.00. The van der Waals surface area contributed by atoms with Crippen molar-refractivity contribution >= 4 is 11.8 Å². The molecule has 1 aromatic carbocycles. The van der Waals surface area contributed by atoms with Crippen molar-refractivity contribution in [2.75, 3.05) is 12.4 Å². The number of hydrogen-bond acceptors (Lipinski definition) is 3. The molecule has 1 aromatic rings. The monoisotopic (exact) mass is 223 g/mol. The average Bonchev–Trinajstić information content (AvgIpc) is 2.15. The van der Waals surface area contributed by atoms with Crippen LogP contribution in [0.2, 0.25) is 0 Å². The molecule has 2 N–H and O–H groups in total. The van der Waals surface area contributed by atoms with Crippen molar-refractivity contribution in [3.05, 3.63) is 23.8 Å². The lowest BCUT2D eigenvalue weighted by Gasteiger charge is -2.20. The highest BCUT2D eigenvalue weighted by Gasteiger charge is 2.18. The Balaban J connectivity index is 2.96. The highest BCUT2D eigenvalue weighted by Crippen LogP contribution is 2.32. The maximum atomic E-state index is 11.0. The zero-order valence-electron chi connectivity index (χ0n) is 10.00. The molecule has 0 aromatic heterocycles. The summed E-state index contributed by atoms with van der Waals surface area (Å²) in [6.07, 6.45) is -0.553. The van der Waals surface area contributed by atoms with E-state index in [2.05, 4.69) is 10.1 Å². The van der Waals surface area contributed by atoms with Gasteiger partial charge in [-0.15, -0.1) is 0 Å². The van der Waals surface area contributed by atoms with Crippen LogP contribution in [0, 0.1) is 0 Å². The second kappa shape index (κ2) is 4.43. The summed E-state index contributed by atoms with van der Waals surface area (Å²) >= 11 is 0. The molecule has 0 spiro atoms. The molecule has 0 saturated heterocycles. The number of anilines is 1. The first-order valence-corrected chi connectivity index (χ1v) is 5.03. The first-order valence-electron chi connectivity index (χ1n) is 5.03. The number of aromatic hydroxyl groups is 1. The van der Waals surface area contributed by atoms with Gasteiger partial charge in [-0.25, -0.2) is 4.79 Å². The lowest BCUT2D eigenvalue weighted by Crippen LogP contribution is -2.13. The molecule has 1 amide bonds. The fourth-order valence-corrected chi connectivity index (χ4v) is 1.41. The number of carbonyl (C=O) groups is 1. The van der Waals surface area contributed by atoms with Crippen LogP contribution in [0.4, 0.5) is 10.5 Å². The fraction of sp³-hybridized carbons (Fsp3) is 0.417. The number of hydrogen-bond donors (Lipinski definition) is 2. The number of nitrogens with one attached hydrogen (secondary N) is 1. The molecule has 0 aliphatic rings. The van der Waals surface area contributed by atoms with Crippen molar-refractivity contribution in [3.8, 4) is 5.75 Å². The smallest absolute Gasteiger partial charge is 0.411 e. The minimum atomic E-state index is -0.553. The van der Waals surface area contributed by atoms with E-state index in [-0.39, 0.29) is 11.2 Å². The Labute approximate surface area is 95.2 Å². The Morgan fingerprint density at radius 1 is 1.38 bits per heavy atom. The summed E-state index contributed by atoms with van der Waals surface area (Å²) in [4.78, 5) is 11.0. The van der Waals surface area contributed by atoms with E-state index in [4.69, 9.17) is 0 Å². The topological polar surface area (TPSA) is 58.6 Å². The maximum Gasteiger partial charge on any atom is 0.411 e. The molecule has 0 saturated carbocycles. The second-order valence-electron chi connectivity index (χ2n) is 4.60. The summed E-state index contributed by atoms with van der Waals surface area (Å²) in [6, 6.07) is 5.04. The zero-order chi connectivity index (χ0) is 12.3. The summed E-state index contributed by atoms with van der Waals surface area (Å²) in [5.74, 6) is 0.168. The number of carbonyl (C=O) groups excluding carboxylic acids is 1. The summed E-state index contributed by atoms with van der Waals surface area (Å²) < 4.78 is 4.46. The Kier molecular flexibility index (Phi) is 3.42. The number of amides is 1. The van der Waals surface area contributed by atoms with Gasteiger partial charge in [-0.1, -0.05) is 26.8 Å². The standard InChI is InChI=1S/C12H17NO3/c1-12(2,3)9-6-5-8(7-10(9)14)13-11(15)16-4/h5-7,14H,1-4H3,(H,13,15). The quantitative estimate of drug-likeness (QED) is 0.769. The molecule has 0 atom stereocenters. The van der Waals surface area contributed by atoms with E-state index in [1.165, 1.54) is 13.2 Å². The van der Waals surface area contributed by atoms with Gasteiger partial charge in [0.05, 0.1) is 7.11 Å². The third-order valence-electron chi connectivity index (χ3n) is 2.24. The second-order valence-corrected chi connectivity index (χ2v) is 4.60. The Bertz CT molecular complexity index is 394. The van der Waals surface area contributed by atoms with Gasteiger partial charge in [0.2, 0.25) is 0 Å². The van der Waals surface area contributed by atoms with Crippen LogP contribution >= 0.6 is 0 Å². The highest BCUT2D eigenvalue weighted by atomic mass is 16.5. The molecule has 0 bridgehead atoms. The first kappa shape index (κ1) is 12.4. The molecule has 0 radical (unpaired) electrons. The molecule has 4 heteroatoms. The van der Waals surface area contributed by atoms with E-state index in [1.807, 2.05) is 20.8 Å². The molecule has 0 aliphatic heterocycles. The van der Waals surface area contributed by atoms with Gasteiger partial charge in [0, 0.05) is 11.8 Å². The molecular weight excluding hydrogens is 206 g/mol. The summed E-state index contributed by atoms with van der Waals surface area (Å²) in [5.41, 5.74) is 1.22. The molecule has 1 rings (SSSR count). The Morgan fingerprint density at radius 2 is 2.00 bits per heavy atom. The summed E-state index contributed by atoms with van der Waals surface area (Å²) in [6.45, 7) is 6.03. The normalized spacial score (nSPS) is 11.0. The van der Waals surface area contributed by atoms with Crippen LogP contribution in [0.1, 0.15) is 26.3 Å². The van der Waals surface area contributed by atoms with E-state index in [0.29, 0.717) is 5.69 Å². The summed E-state index contributed by atoms with van der Waals surface area (Å²) in [7, 11) is 1.29. The van der Waals surface area contributed by atoms with E-state index >= 15 is 0 Å². The van der Waals surface area contributed by atoms with Gasteiger partial charge in [0.25, 0.3) is 0 Å². The number of benzene rings is 1. The van der Waals surface area contributed by atoms with Crippen LogP contribution < -0.4 is 5.32 Å².